The summed E-state index contributed by atoms with van der Waals surface area (Å²) in [5.41, 5.74) is 0. The van der Waals surface area contributed by atoms with Crippen molar-refractivity contribution in [1.82, 2.24) is 0 Å². The average molecular weight is 302 g/mol. The number of hydrogen-bond acceptors (Lipinski definition) is 3. The summed E-state index contributed by atoms with van der Waals surface area (Å²) in [6.07, 6.45) is -7.04. The molecule has 0 rings (SSSR count). The van der Waals surface area contributed by atoms with Crippen LogP contribution in [0.2, 0.25) is 0 Å². The Hall–Kier alpha value is -0.510. The van der Waals surface area contributed by atoms with Gasteiger partial charge in [0.25, 0.3) is 0 Å². The largest absolute Gasteiger partial charge is 0.389 e. The summed E-state index contributed by atoms with van der Waals surface area (Å²) in [4.78, 5) is 0. The Morgan fingerprint density at radius 3 is 1.67 bits per heavy atom. The third kappa shape index (κ3) is 6.43. The molecule has 0 spiro atoms. The molecule has 3 nitrogen and oxygen atoms in total. The zero-order chi connectivity index (χ0) is 14.4. The summed E-state index contributed by atoms with van der Waals surface area (Å²) in [7, 11) is -5.59. The molecule has 0 fully saturated rings. The summed E-state index contributed by atoms with van der Waals surface area (Å²) >= 11 is 0. The van der Waals surface area contributed by atoms with Crippen LogP contribution >= 0.6 is 0 Å². The molecule has 110 valence electrons. The van der Waals surface area contributed by atoms with Crippen molar-refractivity contribution in [2.24, 2.45) is 0 Å². The van der Waals surface area contributed by atoms with Gasteiger partial charge in [-0.05, 0) is 17.4 Å². The maximum absolute atomic E-state index is 12.8. The standard InChI is InChI=1S/C8H12F6O3S/c9-7(10,11)5-3-1-2-4-6-8(12,13)18(15,16)17-14/h1-6H2. The van der Waals surface area contributed by atoms with E-state index in [0.717, 1.165) is 0 Å². The van der Waals surface area contributed by atoms with E-state index in [1.807, 2.05) is 0 Å². The van der Waals surface area contributed by atoms with Crippen molar-refractivity contribution in [1.29, 1.82) is 0 Å². The van der Waals surface area contributed by atoms with Crippen LogP contribution in [0.15, 0.2) is 0 Å². The van der Waals surface area contributed by atoms with Crippen molar-refractivity contribution in [2.45, 2.75) is 50.0 Å². The summed E-state index contributed by atoms with van der Waals surface area (Å²) < 4.78 is 94.9. The van der Waals surface area contributed by atoms with Crippen LogP contribution < -0.4 is 0 Å². The van der Waals surface area contributed by atoms with Crippen LogP contribution in [0.4, 0.5) is 26.5 Å². The van der Waals surface area contributed by atoms with Crippen LogP contribution in [0.25, 0.3) is 0 Å². The maximum atomic E-state index is 12.8. The van der Waals surface area contributed by atoms with E-state index in [-0.39, 0.29) is 25.7 Å². The van der Waals surface area contributed by atoms with E-state index in [1.165, 1.54) is 0 Å². The second-order valence-corrected chi connectivity index (χ2v) is 5.32. The maximum Gasteiger partial charge on any atom is 0.389 e. The van der Waals surface area contributed by atoms with Crippen LogP contribution in [-0.2, 0) is 14.5 Å². The van der Waals surface area contributed by atoms with E-state index in [2.05, 4.69) is 4.39 Å². The molecule has 0 aromatic carbocycles. The normalized spacial score (nSPS) is 13.9. The lowest BCUT2D eigenvalue weighted by Crippen LogP contribution is -2.28. The van der Waals surface area contributed by atoms with Crippen LogP contribution in [0.1, 0.15) is 38.5 Å². The molecule has 18 heavy (non-hydrogen) atoms. The molecular formula is C8H12F6O3S. The molecule has 0 atom stereocenters. The molecule has 0 saturated carbocycles. The van der Waals surface area contributed by atoms with Crippen LogP contribution in [0, 0.1) is 0 Å². The lowest BCUT2D eigenvalue weighted by Gasteiger charge is -2.12. The Bertz CT molecular complexity index is 337. The molecule has 0 heterocycles. The highest BCUT2D eigenvalue weighted by molar-refractivity contribution is 7.87. The van der Waals surface area contributed by atoms with E-state index in [1.54, 1.807) is 0 Å². The minimum absolute atomic E-state index is 0.00647. The van der Waals surface area contributed by atoms with Gasteiger partial charge in [-0.25, -0.2) is 0 Å². The van der Waals surface area contributed by atoms with Crippen LogP contribution in [-0.4, -0.2) is 19.8 Å². The predicted molar refractivity (Wildman–Crippen MR) is 49.8 cm³/mol. The molecule has 0 radical (unpaired) electrons. The smallest absolute Gasteiger partial charge is 0.190 e. The van der Waals surface area contributed by atoms with Gasteiger partial charge in [0.05, 0.1) is 0 Å². The SMILES string of the molecule is O=S(=O)(OF)C(F)(F)CCCCCCC(F)(F)F. The van der Waals surface area contributed by atoms with E-state index >= 15 is 0 Å². The first kappa shape index (κ1) is 17.5. The molecule has 0 aromatic heterocycles. The Labute approximate surface area is 100 Å². The Balaban J connectivity index is 3.86. The van der Waals surface area contributed by atoms with Gasteiger partial charge in [0.15, 0.2) is 0 Å². The number of unbranched alkanes of at least 4 members (excludes halogenated alkanes) is 3. The van der Waals surface area contributed by atoms with Crippen molar-refractivity contribution in [3.05, 3.63) is 0 Å². The first-order valence-corrected chi connectivity index (χ1v) is 6.42. The van der Waals surface area contributed by atoms with Gasteiger partial charge < -0.3 is 0 Å². The average Bonchev–Trinajstić information content (AvgIpc) is 2.21. The van der Waals surface area contributed by atoms with Gasteiger partial charge in [0, 0.05) is 12.8 Å². The van der Waals surface area contributed by atoms with Gasteiger partial charge in [0.2, 0.25) is 0 Å². The monoisotopic (exact) mass is 302 g/mol. The molecular weight excluding hydrogens is 290 g/mol. The van der Waals surface area contributed by atoms with E-state index < -0.39 is 34.4 Å². The fourth-order valence-electron chi connectivity index (χ4n) is 1.18. The third-order valence-corrected chi connectivity index (χ3v) is 3.23. The lowest BCUT2D eigenvalue weighted by atomic mass is 10.1. The second-order valence-electron chi connectivity index (χ2n) is 3.68. The summed E-state index contributed by atoms with van der Waals surface area (Å²) in [6.45, 7) is 0. The molecule has 0 aliphatic carbocycles. The lowest BCUT2D eigenvalue weighted by molar-refractivity contribution is -0.135. The molecule has 0 N–H and O–H groups in total. The van der Waals surface area contributed by atoms with Gasteiger partial charge in [-0.15, -0.1) is 0 Å². The summed E-state index contributed by atoms with van der Waals surface area (Å²) in [6, 6.07) is 0. The highest BCUT2D eigenvalue weighted by Gasteiger charge is 2.46. The first-order chi connectivity index (χ1) is 8.02. The fourth-order valence-corrected chi connectivity index (χ4v) is 1.67. The Kier molecular flexibility index (Phi) is 6.41. The highest BCUT2D eigenvalue weighted by Crippen LogP contribution is 2.30. The molecule has 0 amide bonds. The Morgan fingerprint density at radius 1 is 0.833 bits per heavy atom. The fraction of sp³-hybridized carbons (Fsp3) is 1.00. The molecule has 0 unspecified atom stereocenters. The summed E-state index contributed by atoms with van der Waals surface area (Å²) in [5.74, 6) is 0. The van der Waals surface area contributed by atoms with Gasteiger partial charge in [-0.3, -0.25) is 0 Å². The van der Waals surface area contributed by atoms with Crippen molar-refractivity contribution in [3.8, 4) is 0 Å². The van der Waals surface area contributed by atoms with E-state index in [0.29, 0.717) is 0 Å². The molecule has 0 saturated heterocycles. The van der Waals surface area contributed by atoms with Crippen molar-refractivity contribution < 1.29 is 39.3 Å². The second kappa shape index (κ2) is 6.60. The van der Waals surface area contributed by atoms with E-state index in [4.69, 9.17) is 0 Å². The zero-order valence-corrected chi connectivity index (χ0v) is 9.96. The van der Waals surface area contributed by atoms with Crippen LogP contribution in [0.5, 0.6) is 0 Å². The number of alkyl halides is 5. The van der Waals surface area contributed by atoms with Crippen molar-refractivity contribution in [3.63, 3.8) is 0 Å². The molecule has 0 aliphatic rings. The first-order valence-electron chi connectivity index (χ1n) is 5.01. The molecule has 0 aliphatic heterocycles. The van der Waals surface area contributed by atoms with E-state index in [9.17, 15) is 34.9 Å². The minimum atomic E-state index is -5.59. The molecule has 0 aromatic rings. The molecule has 0 bridgehead atoms. The zero-order valence-electron chi connectivity index (χ0n) is 9.14. The van der Waals surface area contributed by atoms with Crippen LogP contribution in [0.3, 0.4) is 0 Å². The van der Waals surface area contributed by atoms with Crippen molar-refractivity contribution in [2.75, 3.05) is 0 Å². The van der Waals surface area contributed by atoms with Crippen molar-refractivity contribution >= 4 is 10.1 Å². The predicted octanol–water partition coefficient (Wildman–Crippen LogP) is 3.71. The number of rotatable bonds is 8. The van der Waals surface area contributed by atoms with Gasteiger partial charge >= 0.3 is 21.5 Å². The quantitative estimate of drug-likeness (QED) is 0.507. The topological polar surface area (TPSA) is 43.4 Å². The minimum Gasteiger partial charge on any atom is -0.190 e. The number of hydrogen-bond donors (Lipinski definition) is 0. The third-order valence-electron chi connectivity index (χ3n) is 2.13. The highest BCUT2D eigenvalue weighted by atomic mass is 32.2. The van der Waals surface area contributed by atoms with Gasteiger partial charge in [0.1, 0.15) is 0 Å². The van der Waals surface area contributed by atoms with Gasteiger partial charge in [-0.2, -0.15) is 30.4 Å². The molecule has 10 heteroatoms. The number of halogens is 6. The van der Waals surface area contributed by atoms with Gasteiger partial charge in [-0.1, -0.05) is 17.2 Å². The Morgan fingerprint density at radius 2 is 1.28 bits per heavy atom. The summed E-state index contributed by atoms with van der Waals surface area (Å²) in [5, 5.41) is -4.37.